The molecular formula is C12H12N2. The summed E-state index contributed by atoms with van der Waals surface area (Å²) in [5, 5.41) is 4.52. The van der Waals surface area contributed by atoms with E-state index in [-0.39, 0.29) is 0 Å². The molecule has 1 aliphatic heterocycles. The van der Waals surface area contributed by atoms with Crippen molar-refractivity contribution in [1.29, 1.82) is 0 Å². The summed E-state index contributed by atoms with van der Waals surface area (Å²) in [5.41, 5.74) is 4.02. The van der Waals surface area contributed by atoms with Crippen LogP contribution in [0.4, 0.5) is 0 Å². The van der Waals surface area contributed by atoms with E-state index in [0.717, 1.165) is 19.4 Å². The monoisotopic (exact) mass is 184 g/mol. The lowest BCUT2D eigenvalue weighted by molar-refractivity contribution is 0.782. The molecule has 0 fully saturated rings. The van der Waals surface area contributed by atoms with Gasteiger partial charge >= 0.3 is 0 Å². The highest BCUT2D eigenvalue weighted by Gasteiger charge is 2.13. The maximum atomic E-state index is 3.48. The van der Waals surface area contributed by atoms with Crippen LogP contribution in [0.5, 0.6) is 0 Å². The first-order chi connectivity index (χ1) is 6.95. The first-order valence-corrected chi connectivity index (χ1v) is 4.99. The number of aromatic amines is 1. The van der Waals surface area contributed by atoms with Crippen molar-refractivity contribution >= 4 is 10.9 Å². The maximum absolute atomic E-state index is 3.48. The van der Waals surface area contributed by atoms with Gasteiger partial charge < -0.3 is 10.3 Å². The molecule has 2 nitrogen and oxygen atoms in total. The third-order valence-corrected chi connectivity index (χ3v) is 2.79. The van der Waals surface area contributed by atoms with Crippen LogP contribution >= 0.6 is 0 Å². The van der Waals surface area contributed by atoms with Gasteiger partial charge in [0.15, 0.2) is 0 Å². The van der Waals surface area contributed by atoms with Crippen molar-refractivity contribution in [2.75, 3.05) is 6.54 Å². The van der Waals surface area contributed by atoms with Crippen LogP contribution in [-0.4, -0.2) is 11.5 Å². The molecular weight excluding hydrogens is 172 g/mol. The first kappa shape index (κ1) is 8.06. The Morgan fingerprint density at radius 1 is 1.21 bits per heavy atom. The Balaban J connectivity index is 2.24. The van der Waals surface area contributed by atoms with Crippen molar-refractivity contribution in [3.05, 3.63) is 42.1 Å². The molecule has 3 rings (SSSR count). The van der Waals surface area contributed by atoms with Gasteiger partial charge in [-0.15, -0.1) is 0 Å². The smallest absolute Gasteiger partial charge is 0.0634 e. The zero-order valence-electron chi connectivity index (χ0n) is 7.93. The predicted molar refractivity (Wildman–Crippen MR) is 57.0 cm³/mol. The average Bonchev–Trinajstić information content (AvgIpc) is 2.42. The van der Waals surface area contributed by atoms with E-state index in [0.29, 0.717) is 0 Å². The lowest BCUT2D eigenvalue weighted by atomic mass is 10.1. The predicted octanol–water partition coefficient (Wildman–Crippen LogP) is 1.89. The largest absolute Gasteiger partial charge is 0.358 e. The molecule has 2 heterocycles. The number of rotatable bonds is 0. The summed E-state index contributed by atoms with van der Waals surface area (Å²) in [5.74, 6) is 0. The summed E-state index contributed by atoms with van der Waals surface area (Å²) in [6.07, 6.45) is 1.97. The second kappa shape index (κ2) is 3.14. The fraction of sp³-hybridized carbons (Fsp3) is 0.250. The molecule has 2 N–H and O–H groups in total. The second-order valence-electron chi connectivity index (χ2n) is 3.66. The topological polar surface area (TPSA) is 27.8 Å². The van der Waals surface area contributed by atoms with Crippen LogP contribution in [0.2, 0.25) is 0 Å². The molecule has 0 spiro atoms. The minimum atomic E-state index is 0.902. The molecule has 14 heavy (non-hydrogen) atoms. The van der Waals surface area contributed by atoms with E-state index < -0.39 is 0 Å². The van der Waals surface area contributed by atoms with Crippen molar-refractivity contribution in [2.45, 2.75) is 12.8 Å². The number of hydrogen-bond acceptors (Lipinski definition) is 1. The average molecular weight is 184 g/mol. The molecule has 0 amide bonds. The first-order valence-electron chi connectivity index (χ1n) is 4.99. The van der Waals surface area contributed by atoms with Gasteiger partial charge in [0.25, 0.3) is 0 Å². The zero-order valence-corrected chi connectivity index (χ0v) is 7.93. The van der Waals surface area contributed by atoms with E-state index in [9.17, 15) is 0 Å². The number of fused-ring (bicyclic) bond motifs is 3. The Bertz CT molecular complexity index is 456. The van der Waals surface area contributed by atoms with Crippen LogP contribution in [-0.2, 0) is 12.8 Å². The van der Waals surface area contributed by atoms with Crippen LogP contribution in [0, 0.1) is 6.54 Å². The molecule has 2 heteroatoms. The molecule has 0 bridgehead atoms. The van der Waals surface area contributed by atoms with Crippen LogP contribution in [0.3, 0.4) is 0 Å². The van der Waals surface area contributed by atoms with Crippen LogP contribution in [0.15, 0.2) is 24.3 Å². The Kier molecular flexibility index (Phi) is 1.81. The SMILES string of the molecule is [C]1Cc2c([nH]c3ccccc23)CCN1. The summed E-state index contributed by atoms with van der Waals surface area (Å²) < 4.78 is 0. The summed E-state index contributed by atoms with van der Waals surface area (Å²) in [7, 11) is 0. The van der Waals surface area contributed by atoms with Crippen molar-refractivity contribution in [2.24, 2.45) is 0 Å². The molecule has 1 aliphatic rings. The van der Waals surface area contributed by atoms with Crippen molar-refractivity contribution in [3.8, 4) is 0 Å². The van der Waals surface area contributed by atoms with Gasteiger partial charge in [0, 0.05) is 29.6 Å². The minimum absolute atomic E-state index is 0.902. The highest BCUT2D eigenvalue weighted by molar-refractivity contribution is 5.84. The number of hydrogen-bond donors (Lipinski definition) is 2. The molecule has 0 saturated heterocycles. The molecule has 1 aromatic heterocycles. The van der Waals surface area contributed by atoms with E-state index in [1.54, 1.807) is 0 Å². The van der Waals surface area contributed by atoms with Gasteiger partial charge in [-0.2, -0.15) is 0 Å². The van der Waals surface area contributed by atoms with Crippen LogP contribution in [0.25, 0.3) is 10.9 Å². The fourth-order valence-electron chi connectivity index (χ4n) is 2.10. The van der Waals surface area contributed by atoms with Gasteiger partial charge in [0.05, 0.1) is 6.54 Å². The van der Waals surface area contributed by atoms with Crippen molar-refractivity contribution in [1.82, 2.24) is 10.3 Å². The highest BCUT2D eigenvalue weighted by atomic mass is 14.9. The number of H-pyrrole nitrogens is 1. The van der Waals surface area contributed by atoms with Gasteiger partial charge in [-0.05, 0) is 18.1 Å². The quantitative estimate of drug-likeness (QED) is 0.643. The molecule has 2 aromatic rings. The number of aromatic nitrogens is 1. The van der Waals surface area contributed by atoms with Crippen LogP contribution in [0.1, 0.15) is 11.3 Å². The Morgan fingerprint density at radius 3 is 3.14 bits per heavy atom. The fourth-order valence-corrected chi connectivity index (χ4v) is 2.10. The second-order valence-corrected chi connectivity index (χ2v) is 3.66. The number of nitrogens with one attached hydrogen (secondary N) is 2. The third kappa shape index (κ3) is 1.15. The molecule has 2 radical (unpaired) electrons. The summed E-state index contributed by atoms with van der Waals surface area (Å²) in [6.45, 7) is 4.20. The minimum Gasteiger partial charge on any atom is -0.358 e. The van der Waals surface area contributed by atoms with E-state index >= 15 is 0 Å². The summed E-state index contributed by atoms with van der Waals surface area (Å²) in [6, 6.07) is 8.48. The zero-order chi connectivity index (χ0) is 9.38. The third-order valence-electron chi connectivity index (χ3n) is 2.79. The van der Waals surface area contributed by atoms with Crippen molar-refractivity contribution in [3.63, 3.8) is 0 Å². The number of benzene rings is 1. The molecule has 0 aliphatic carbocycles. The Labute approximate surface area is 83.3 Å². The van der Waals surface area contributed by atoms with Gasteiger partial charge in [-0.3, -0.25) is 0 Å². The summed E-state index contributed by atoms with van der Waals surface area (Å²) >= 11 is 0. The van der Waals surface area contributed by atoms with Crippen LogP contribution < -0.4 is 5.32 Å². The summed E-state index contributed by atoms with van der Waals surface area (Å²) in [4.78, 5) is 3.48. The number of para-hydroxylation sites is 1. The molecule has 0 saturated carbocycles. The lowest BCUT2D eigenvalue weighted by Gasteiger charge is -1.95. The molecule has 70 valence electrons. The van der Waals surface area contributed by atoms with E-state index in [2.05, 4.69) is 41.1 Å². The Morgan fingerprint density at radius 2 is 2.14 bits per heavy atom. The maximum Gasteiger partial charge on any atom is 0.0634 e. The highest BCUT2D eigenvalue weighted by Crippen LogP contribution is 2.24. The normalized spacial score (nSPS) is 16.6. The van der Waals surface area contributed by atoms with Gasteiger partial charge in [0.1, 0.15) is 0 Å². The van der Waals surface area contributed by atoms with Gasteiger partial charge in [-0.1, -0.05) is 18.2 Å². The Hall–Kier alpha value is -1.28. The van der Waals surface area contributed by atoms with E-state index in [1.165, 1.54) is 22.2 Å². The van der Waals surface area contributed by atoms with Gasteiger partial charge in [-0.25, -0.2) is 0 Å². The molecule has 0 unspecified atom stereocenters. The van der Waals surface area contributed by atoms with E-state index in [4.69, 9.17) is 0 Å². The lowest BCUT2D eigenvalue weighted by Crippen LogP contribution is -2.11. The van der Waals surface area contributed by atoms with Crippen molar-refractivity contribution < 1.29 is 0 Å². The van der Waals surface area contributed by atoms with Gasteiger partial charge in [0.2, 0.25) is 0 Å². The molecule has 1 aromatic carbocycles. The standard InChI is InChI=1S/C12H12N2/c1-2-4-11-9(3-1)10-5-7-13-8-6-12(10)14-11/h1-4,13-14H,5-6,8H2. The van der Waals surface area contributed by atoms with E-state index in [1.807, 2.05) is 0 Å². The molecule has 0 atom stereocenters.